The number of nitrogens with zero attached hydrogens (tertiary/aromatic N) is 3. The molecule has 7 nitrogen and oxygen atoms in total. The Hall–Kier alpha value is -3.35. The highest BCUT2D eigenvalue weighted by Gasteiger charge is 2.26. The lowest BCUT2D eigenvalue weighted by molar-refractivity contribution is 0.191. The predicted octanol–water partition coefficient (Wildman–Crippen LogP) is 4.10. The summed E-state index contributed by atoms with van der Waals surface area (Å²) in [6.07, 6.45) is 3.44. The number of aromatic nitrogens is 3. The molecule has 3 aromatic rings. The number of carbonyl (C=O) groups excluding carboxylic acids is 1. The van der Waals surface area contributed by atoms with Crippen LogP contribution >= 0.6 is 0 Å². The summed E-state index contributed by atoms with van der Waals surface area (Å²) in [7, 11) is 0. The van der Waals surface area contributed by atoms with E-state index in [0.29, 0.717) is 24.6 Å². The minimum atomic E-state index is -0.123. The van der Waals surface area contributed by atoms with Crippen molar-refractivity contribution in [1.29, 1.82) is 0 Å². The molecule has 0 spiro atoms. The molecule has 0 bridgehead atoms. The fraction of sp³-hybridized carbons (Fsp3) is 0.318. The number of ether oxygens (including phenoxy) is 1. The second-order valence-corrected chi connectivity index (χ2v) is 7.36. The van der Waals surface area contributed by atoms with Gasteiger partial charge in [0.15, 0.2) is 0 Å². The van der Waals surface area contributed by atoms with Crippen LogP contribution in [0.25, 0.3) is 0 Å². The van der Waals surface area contributed by atoms with Gasteiger partial charge in [0.1, 0.15) is 24.5 Å². The Balaban J connectivity index is 1.43. The Morgan fingerprint density at radius 1 is 1.28 bits per heavy atom. The maximum absolute atomic E-state index is 12.9. The van der Waals surface area contributed by atoms with E-state index in [1.165, 1.54) is 6.33 Å². The number of carbonyl (C=O) groups is 1. The van der Waals surface area contributed by atoms with Crippen molar-refractivity contribution in [1.82, 2.24) is 20.1 Å². The van der Waals surface area contributed by atoms with E-state index in [9.17, 15) is 4.79 Å². The molecular formula is C22H25N5O2. The third-order valence-corrected chi connectivity index (χ3v) is 5.14. The van der Waals surface area contributed by atoms with Gasteiger partial charge in [-0.3, -0.25) is 5.10 Å². The first-order valence-electron chi connectivity index (χ1n) is 9.87. The number of piperidine rings is 1. The van der Waals surface area contributed by atoms with E-state index in [1.54, 1.807) is 0 Å². The van der Waals surface area contributed by atoms with E-state index in [4.69, 9.17) is 4.74 Å². The summed E-state index contributed by atoms with van der Waals surface area (Å²) in [6.45, 7) is 3.80. The molecule has 29 heavy (non-hydrogen) atoms. The van der Waals surface area contributed by atoms with Crippen molar-refractivity contribution >= 4 is 11.7 Å². The molecule has 2 N–H and O–H groups in total. The molecule has 150 valence electrons. The van der Waals surface area contributed by atoms with Gasteiger partial charge in [-0.25, -0.2) is 9.78 Å². The van der Waals surface area contributed by atoms with Gasteiger partial charge in [0, 0.05) is 19.0 Å². The van der Waals surface area contributed by atoms with E-state index in [-0.39, 0.29) is 11.9 Å². The number of aryl methyl sites for hydroxylation is 1. The molecule has 2 aromatic carbocycles. The van der Waals surface area contributed by atoms with Crippen molar-refractivity contribution in [3.8, 4) is 5.75 Å². The fourth-order valence-electron chi connectivity index (χ4n) is 3.58. The second kappa shape index (κ2) is 8.77. The lowest BCUT2D eigenvalue weighted by Crippen LogP contribution is -2.41. The molecule has 1 fully saturated rings. The van der Waals surface area contributed by atoms with Crippen LogP contribution in [0.5, 0.6) is 5.75 Å². The molecule has 2 amide bonds. The molecule has 2 heterocycles. The lowest BCUT2D eigenvalue weighted by Gasteiger charge is -2.31. The first kappa shape index (κ1) is 19.0. The second-order valence-electron chi connectivity index (χ2n) is 7.36. The van der Waals surface area contributed by atoms with Crippen LogP contribution in [0.4, 0.5) is 10.5 Å². The normalized spacial score (nSPS) is 16.4. The topological polar surface area (TPSA) is 83.1 Å². The Morgan fingerprint density at radius 3 is 2.93 bits per heavy atom. The summed E-state index contributed by atoms with van der Waals surface area (Å²) in [6, 6.07) is 15.7. The molecule has 0 saturated carbocycles. The van der Waals surface area contributed by atoms with Crippen molar-refractivity contribution in [3.05, 3.63) is 71.8 Å². The summed E-state index contributed by atoms with van der Waals surface area (Å²) in [4.78, 5) is 19.0. The predicted molar refractivity (Wildman–Crippen MR) is 111 cm³/mol. The summed E-state index contributed by atoms with van der Waals surface area (Å²) in [5, 5.41) is 9.88. The molecule has 7 heteroatoms. The van der Waals surface area contributed by atoms with E-state index in [0.717, 1.165) is 36.3 Å². The summed E-state index contributed by atoms with van der Waals surface area (Å²) < 4.78 is 6.02. The number of hydrogen-bond acceptors (Lipinski definition) is 4. The van der Waals surface area contributed by atoms with Crippen LogP contribution in [0, 0.1) is 6.92 Å². The summed E-state index contributed by atoms with van der Waals surface area (Å²) >= 11 is 0. The molecule has 1 aliphatic heterocycles. The fourth-order valence-corrected chi connectivity index (χ4v) is 3.58. The van der Waals surface area contributed by atoms with Crippen LogP contribution in [0.15, 0.2) is 54.9 Å². The van der Waals surface area contributed by atoms with Crippen LogP contribution in [-0.2, 0) is 6.61 Å². The van der Waals surface area contributed by atoms with E-state index in [2.05, 4.69) is 20.5 Å². The first-order chi connectivity index (χ1) is 14.2. The smallest absolute Gasteiger partial charge is 0.321 e. The number of urea groups is 1. The van der Waals surface area contributed by atoms with E-state index >= 15 is 0 Å². The van der Waals surface area contributed by atoms with Crippen molar-refractivity contribution in [2.75, 3.05) is 18.4 Å². The molecule has 0 radical (unpaired) electrons. The van der Waals surface area contributed by atoms with Crippen LogP contribution in [0.3, 0.4) is 0 Å². The zero-order valence-corrected chi connectivity index (χ0v) is 16.5. The quantitative estimate of drug-likeness (QED) is 0.686. The van der Waals surface area contributed by atoms with Gasteiger partial charge >= 0.3 is 6.03 Å². The number of likely N-dealkylation sites (tertiary alicyclic amines) is 1. The number of amides is 2. The van der Waals surface area contributed by atoms with Crippen molar-refractivity contribution in [2.45, 2.75) is 32.3 Å². The molecule has 1 aliphatic rings. The van der Waals surface area contributed by atoms with Crippen LogP contribution in [0.2, 0.25) is 0 Å². The van der Waals surface area contributed by atoms with Gasteiger partial charge in [-0.1, -0.05) is 36.4 Å². The largest absolute Gasteiger partial charge is 0.487 e. The first-order valence-corrected chi connectivity index (χ1v) is 9.87. The van der Waals surface area contributed by atoms with Gasteiger partial charge < -0.3 is 15.0 Å². The number of hydrogen-bond donors (Lipinski definition) is 2. The van der Waals surface area contributed by atoms with Gasteiger partial charge in [-0.15, -0.1) is 0 Å². The third-order valence-electron chi connectivity index (χ3n) is 5.14. The summed E-state index contributed by atoms with van der Waals surface area (Å²) in [5.41, 5.74) is 2.84. The van der Waals surface area contributed by atoms with Crippen LogP contribution in [0.1, 0.15) is 35.7 Å². The monoisotopic (exact) mass is 391 g/mol. The maximum atomic E-state index is 12.9. The standard InChI is InChI=1S/C22H25N5O2/c1-16-9-10-19(20(12-16)29-14-17-6-3-2-4-7-17)25-22(28)27-11-5-8-18(13-27)21-23-15-24-26-21/h2-4,6-7,9-10,12,15,18H,5,8,11,13-14H2,1H3,(H,25,28)(H,23,24,26)/t18-/m0/s1. The van der Waals surface area contributed by atoms with Gasteiger partial charge in [0.2, 0.25) is 0 Å². The Labute approximate surface area is 170 Å². The van der Waals surface area contributed by atoms with Gasteiger partial charge in [-0.2, -0.15) is 5.10 Å². The highest BCUT2D eigenvalue weighted by atomic mass is 16.5. The number of anilines is 1. The lowest BCUT2D eigenvalue weighted by atomic mass is 9.98. The number of rotatable bonds is 5. The van der Waals surface area contributed by atoms with Crippen LogP contribution in [-0.4, -0.2) is 39.2 Å². The minimum Gasteiger partial charge on any atom is -0.487 e. The highest BCUT2D eigenvalue weighted by molar-refractivity contribution is 5.91. The zero-order chi connectivity index (χ0) is 20.1. The number of nitrogens with one attached hydrogen (secondary N) is 2. The SMILES string of the molecule is Cc1ccc(NC(=O)N2CCC[C@H](c3ncn[nH]3)C2)c(OCc2ccccc2)c1. The van der Waals surface area contributed by atoms with Crippen LogP contribution < -0.4 is 10.1 Å². The number of H-pyrrole nitrogens is 1. The molecule has 1 aromatic heterocycles. The maximum Gasteiger partial charge on any atom is 0.321 e. The Kier molecular flexibility index (Phi) is 5.74. The average Bonchev–Trinajstić information content (AvgIpc) is 3.30. The molecule has 1 atom stereocenters. The number of aromatic amines is 1. The van der Waals surface area contributed by atoms with Crippen molar-refractivity contribution < 1.29 is 9.53 Å². The van der Waals surface area contributed by atoms with Crippen molar-refractivity contribution in [2.24, 2.45) is 0 Å². The molecule has 0 aliphatic carbocycles. The zero-order valence-electron chi connectivity index (χ0n) is 16.5. The van der Waals surface area contributed by atoms with Gasteiger partial charge in [-0.05, 0) is 43.0 Å². The number of benzene rings is 2. The van der Waals surface area contributed by atoms with E-state index < -0.39 is 0 Å². The van der Waals surface area contributed by atoms with E-state index in [1.807, 2.05) is 60.4 Å². The third kappa shape index (κ3) is 4.74. The molecule has 0 unspecified atom stereocenters. The van der Waals surface area contributed by atoms with Crippen molar-refractivity contribution in [3.63, 3.8) is 0 Å². The molecular weight excluding hydrogens is 366 g/mol. The summed E-state index contributed by atoms with van der Waals surface area (Å²) in [5.74, 6) is 1.69. The van der Waals surface area contributed by atoms with Gasteiger partial charge in [0.05, 0.1) is 5.69 Å². The Bertz CT molecular complexity index is 943. The molecule has 1 saturated heterocycles. The average molecular weight is 391 g/mol. The Morgan fingerprint density at radius 2 is 2.14 bits per heavy atom. The van der Waals surface area contributed by atoms with Gasteiger partial charge in [0.25, 0.3) is 0 Å². The molecule has 4 rings (SSSR count). The minimum absolute atomic E-state index is 0.123. The highest BCUT2D eigenvalue weighted by Crippen LogP contribution is 2.29.